The molecule has 3 rings (SSSR count). The molecule has 0 spiro atoms. The number of methoxy groups -OCH3 is 1. The van der Waals surface area contributed by atoms with Crippen LogP contribution >= 0.6 is 0 Å². The fraction of sp³-hybridized carbons (Fsp3) is 0.500. The number of esters is 1. The number of amides is 1. The number of ether oxygens (including phenoxy) is 3. The molecule has 2 saturated heterocycles. The Morgan fingerprint density at radius 3 is 2.82 bits per heavy atom. The monoisotopic (exact) mass is 305 g/mol. The number of rotatable bonds is 4. The third-order valence-electron chi connectivity index (χ3n) is 4.39. The van der Waals surface area contributed by atoms with Crippen LogP contribution < -0.4 is 0 Å². The second-order valence-electron chi connectivity index (χ2n) is 5.78. The molecule has 3 atom stereocenters. The Morgan fingerprint density at radius 2 is 2.14 bits per heavy atom. The zero-order valence-corrected chi connectivity index (χ0v) is 12.7. The third kappa shape index (κ3) is 2.14. The predicted molar refractivity (Wildman–Crippen MR) is 77.0 cm³/mol. The van der Waals surface area contributed by atoms with Crippen LogP contribution in [0.4, 0.5) is 4.79 Å². The first kappa shape index (κ1) is 14.8. The highest BCUT2D eigenvalue weighted by molar-refractivity contribution is 5.90. The van der Waals surface area contributed by atoms with Gasteiger partial charge in [0.2, 0.25) is 5.54 Å². The summed E-state index contributed by atoms with van der Waals surface area (Å²) in [6.45, 7) is 2.73. The van der Waals surface area contributed by atoms with Crippen LogP contribution in [-0.4, -0.2) is 48.9 Å². The molecule has 1 aromatic carbocycles. The second-order valence-corrected chi connectivity index (χ2v) is 5.78. The zero-order valence-electron chi connectivity index (χ0n) is 12.7. The lowest BCUT2D eigenvalue weighted by atomic mass is 9.90. The van der Waals surface area contributed by atoms with Crippen molar-refractivity contribution in [2.75, 3.05) is 20.3 Å². The molecule has 118 valence electrons. The van der Waals surface area contributed by atoms with Gasteiger partial charge in [-0.2, -0.15) is 0 Å². The molecule has 1 amide bonds. The Morgan fingerprint density at radius 1 is 1.41 bits per heavy atom. The maximum atomic E-state index is 12.4. The fourth-order valence-electron chi connectivity index (χ4n) is 3.34. The minimum Gasteiger partial charge on any atom is -0.467 e. The zero-order chi connectivity index (χ0) is 15.7. The van der Waals surface area contributed by atoms with E-state index < -0.39 is 23.7 Å². The quantitative estimate of drug-likeness (QED) is 0.790. The van der Waals surface area contributed by atoms with Crippen molar-refractivity contribution >= 4 is 12.1 Å². The maximum Gasteiger partial charge on any atom is 0.411 e. The van der Waals surface area contributed by atoms with Gasteiger partial charge in [0.25, 0.3) is 0 Å². The largest absolute Gasteiger partial charge is 0.467 e. The Labute approximate surface area is 128 Å². The Balaban J connectivity index is 1.84. The fourth-order valence-corrected chi connectivity index (χ4v) is 3.34. The lowest BCUT2D eigenvalue weighted by molar-refractivity contribution is -0.159. The van der Waals surface area contributed by atoms with Crippen molar-refractivity contribution in [3.05, 3.63) is 35.9 Å². The van der Waals surface area contributed by atoms with Gasteiger partial charge in [-0.05, 0) is 5.56 Å². The van der Waals surface area contributed by atoms with Crippen molar-refractivity contribution in [1.29, 1.82) is 0 Å². The first-order valence-corrected chi connectivity index (χ1v) is 7.28. The van der Waals surface area contributed by atoms with Crippen molar-refractivity contribution in [2.45, 2.75) is 25.2 Å². The van der Waals surface area contributed by atoms with Crippen LogP contribution in [0.2, 0.25) is 0 Å². The summed E-state index contributed by atoms with van der Waals surface area (Å²) in [6.07, 6.45) is -0.935. The molecule has 2 aliphatic rings. The van der Waals surface area contributed by atoms with Crippen molar-refractivity contribution in [1.82, 2.24) is 4.90 Å². The summed E-state index contributed by atoms with van der Waals surface area (Å²) in [5.74, 6) is -0.462. The standard InChI is InChI=1S/C16H19NO5/c1-11-8-17-15(19)22-10-16(17,14(18)20-2)13(11)21-9-12-6-4-3-5-7-12/h3-7,11,13H,8-10H2,1-2H3/t11-,13-,16-/m1/s1. The Kier molecular flexibility index (Phi) is 3.78. The lowest BCUT2D eigenvalue weighted by Crippen LogP contribution is -2.57. The SMILES string of the molecule is COC(=O)[C@]12COC(=O)N1C[C@@H](C)[C@H]2OCc1ccccc1. The summed E-state index contributed by atoms with van der Waals surface area (Å²) in [6, 6.07) is 9.71. The van der Waals surface area contributed by atoms with E-state index in [2.05, 4.69) is 0 Å². The van der Waals surface area contributed by atoms with Gasteiger partial charge in [0.05, 0.1) is 19.8 Å². The lowest BCUT2D eigenvalue weighted by Gasteiger charge is -2.31. The van der Waals surface area contributed by atoms with Crippen LogP contribution in [0.1, 0.15) is 12.5 Å². The number of hydrogen-bond acceptors (Lipinski definition) is 5. The van der Waals surface area contributed by atoms with E-state index in [1.165, 1.54) is 12.0 Å². The number of benzene rings is 1. The van der Waals surface area contributed by atoms with Gasteiger partial charge in [-0.1, -0.05) is 37.3 Å². The van der Waals surface area contributed by atoms with Crippen LogP contribution in [0.5, 0.6) is 0 Å². The van der Waals surface area contributed by atoms with E-state index in [1.807, 2.05) is 37.3 Å². The summed E-state index contributed by atoms with van der Waals surface area (Å²) in [5.41, 5.74) is -0.154. The Bertz CT molecular complexity index is 575. The minimum atomic E-state index is -1.17. The van der Waals surface area contributed by atoms with E-state index in [4.69, 9.17) is 14.2 Å². The number of nitrogens with zero attached hydrogens (tertiary/aromatic N) is 1. The van der Waals surface area contributed by atoms with Crippen molar-refractivity contribution in [3.8, 4) is 0 Å². The molecule has 2 heterocycles. The molecule has 6 nitrogen and oxygen atoms in total. The van der Waals surface area contributed by atoms with Crippen molar-refractivity contribution in [2.24, 2.45) is 5.92 Å². The van der Waals surface area contributed by atoms with E-state index in [-0.39, 0.29) is 12.5 Å². The summed E-state index contributed by atoms with van der Waals surface area (Å²) in [7, 11) is 1.31. The van der Waals surface area contributed by atoms with E-state index >= 15 is 0 Å². The minimum absolute atomic E-state index is 0.0238. The van der Waals surface area contributed by atoms with E-state index in [0.717, 1.165) is 5.56 Å². The van der Waals surface area contributed by atoms with Crippen LogP contribution in [0, 0.1) is 5.92 Å². The molecule has 0 aromatic heterocycles. The molecule has 0 aliphatic carbocycles. The van der Waals surface area contributed by atoms with E-state index in [1.54, 1.807) is 0 Å². The summed E-state index contributed by atoms with van der Waals surface area (Å²) in [4.78, 5) is 25.7. The highest BCUT2D eigenvalue weighted by Crippen LogP contribution is 2.41. The maximum absolute atomic E-state index is 12.4. The van der Waals surface area contributed by atoms with Crippen molar-refractivity contribution in [3.63, 3.8) is 0 Å². The van der Waals surface area contributed by atoms with Crippen LogP contribution in [0.3, 0.4) is 0 Å². The van der Waals surface area contributed by atoms with Gasteiger partial charge in [0.1, 0.15) is 6.61 Å². The average molecular weight is 305 g/mol. The molecule has 0 saturated carbocycles. The summed E-state index contributed by atoms with van der Waals surface area (Å²) in [5, 5.41) is 0. The first-order chi connectivity index (χ1) is 10.6. The molecular formula is C16H19NO5. The number of cyclic esters (lactones) is 1. The van der Waals surface area contributed by atoms with Gasteiger partial charge in [-0.3, -0.25) is 4.90 Å². The first-order valence-electron chi connectivity index (χ1n) is 7.28. The molecule has 22 heavy (non-hydrogen) atoms. The van der Waals surface area contributed by atoms with Gasteiger partial charge in [-0.15, -0.1) is 0 Å². The molecule has 0 N–H and O–H groups in total. The van der Waals surface area contributed by atoms with E-state index in [9.17, 15) is 9.59 Å². The number of carbonyl (C=O) groups excluding carboxylic acids is 2. The highest BCUT2D eigenvalue weighted by Gasteiger charge is 2.65. The van der Waals surface area contributed by atoms with Gasteiger partial charge in [-0.25, -0.2) is 9.59 Å². The van der Waals surface area contributed by atoms with Gasteiger partial charge >= 0.3 is 12.1 Å². The van der Waals surface area contributed by atoms with Crippen LogP contribution in [-0.2, 0) is 25.6 Å². The summed E-state index contributed by atoms with van der Waals surface area (Å²) >= 11 is 0. The molecule has 0 radical (unpaired) electrons. The average Bonchev–Trinajstić information content (AvgIpc) is 3.01. The molecular weight excluding hydrogens is 286 g/mol. The Hall–Kier alpha value is -2.08. The van der Waals surface area contributed by atoms with Gasteiger partial charge in [0.15, 0.2) is 0 Å². The molecule has 2 fully saturated rings. The van der Waals surface area contributed by atoms with Crippen LogP contribution in [0.15, 0.2) is 30.3 Å². The molecule has 2 aliphatic heterocycles. The topological polar surface area (TPSA) is 65.1 Å². The number of fused-ring (bicyclic) bond motifs is 1. The second kappa shape index (κ2) is 5.61. The molecule has 1 aromatic rings. The summed E-state index contributed by atoms with van der Waals surface area (Å²) < 4.78 is 16.0. The molecule has 0 bridgehead atoms. The number of hydrogen-bond donors (Lipinski definition) is 0. The van der Waals surface area contributed by atoms with Gasteiger partial charge < -0.3 is 14.2 Å². The highest BCUT2D eigenvalue weighted by atomic mass is 16.6. The predicted octanol–water partition coefficient (Wildman–Crippen LogP) is 1.59. The molecule has 6 heteroatoms. The smallest absolute Gasteiger partial charge is 0.411 e. The number of carbonyl (C=O) groups is 2. The normalized spacial score (nSPS) is 30.1. The molecule has 0 unspecified atom stereocenters. The van der Waals surface area contributed by atoms with Gasteiger partial charge in [0, 0.05) is 12.5 Å². The third-order valence-corrected chi connectivity index (χ3v) is 4.39. The van der Waals surface area contributed by atoms with E-state index in [0.29, 0.717) is 13.2 Å². The van der Waals surface area contributed by atoms with Crippen molar-refractivity contribution < 1.29 is 23.8 Å². The van der Waals surface area contributed by atoms with Crippen LogP contribution in [0.25, 0.3) is 0 Å².